The zero-order valence-corrected chi connectivity index (χ0v) is 12.0. The van der Waals surface area contributed by atoms with E-state index in [4.69, 9.17) is 11.6 Å². The van der Waals surface area contributed by atoms with Crippen molar-refractivity contribution < 1.29 is 4.79 Å². The second kappa shape index (κ2) is 4.21. The zero-order chi connectivity index (χ0) is 12.7. The van der Waals surface area contributed by atoms with Crippen molar-refractivity contribution in [1.29, 1.82) is 0 Å². The fourth-order valence-corrected chi connectivity index (χ4v) is 2.99. The molecule has 94 valence electrons. The van der Waals surface area contributed by atoms with E-state index in [-0.39, 0.29) is 34.1 Å². The maximum absolute atomic E-state index is 12.1. The van der Waals surface area contributed by atoms with E-state index < -0.39 is 0 Å². The molecule has 1 saturated carbocycles. The van der Waals surface area contributed by atoms with Crippen molar-refractivity contribution in [3.63, 3.8) is 0 Å². The van der Waals surface area contributed by atoms with Crippen molar-refractivity contribution in [3.05, 3.63) is 0 Å². The Morgan fingerprint density at radius 1 is 1.25 bits per heavy atom. The standard InChI is InChI=1S/C13H24ClNO/c1-8(14)7-9(2)15-11(16)10-12(3,4)13(10,5)6/h8-10H,7H2,1-6H3,(H,15,16). The number of halogens is 1. The van der Waals surface area contributed by atoms with Gasteiger partial charge in [-0.15, -0.1) is 11.6 Å². The molecule has 1 amide bonds. The van der Waals surface area contributed by atoms with Gasteiger partial charge in [-0.25, -0.2) is 0 Å². The molecular formula is C13H24ClNO. The SMILES string of the molecule is CC(Cl)CC(C)NC(=O)C1C(C)(C)C1(C)C. The van der Waals surface area contributed by atoms with Gasteiger partial charge in [-0.1, -0.05) is 27.7 Å². The third-order valence-corrected chi connectivity index (χ3v) is 4.53. The quantitative estimate of drug-likeness (QED) is 0.758. The van der Waals surface area contributed by atoms with Gasteiger partial charge in [-0.2, -0.15) is 0 Å². The Kier molecular flexibility index (Phi) is 3.64. The van der Waals surface area contributed by atoms with Crippen LogP contribution in [0.3, 0.4) is 0 Å². The molecule has 0 heterocycles. The molecular weight excluding hydrogens is 222 g/mol. The van der Waals surface area contributed by atoms with Crippen LogP contribution < -0.4 is 5.32 Å². The van der Waals surface area contributed by atoms with E-state index in [2.05, 4.69) is 33.0 Å². The van der Waals surface area contributed by atoms with Crippen LogP contribution in [-0.4, -0.2) is 17.3 Å². The summed E-state index contributed by atoms with van der Waals surface area (Å²) in [5.74, 6) is 0.313. The molecule has 1 aliphatic rings. The number of hydrogen-bond acceptors (Lipinski definition) is 1. The number of carbonyl (C=O) groups excluding carboxylic acids is 1. The predicted octanol–water partition coefficient (Wildman–Crippen LogP) is 3.19. The molecule has 1 fully saturated rings. The van der Waals surface area contributed by atoms with Gasteiger partial charge in [0.2, 0.25) is 5.91 Å². The Morgan fingerprint density at radius 3 is 2.00 bits per heavy atom. The first-order valence-electron chi connectivity index (χ1n) is 6.05. The van der Waals surface area contributed by atoms with E-state index in [0.29, 0.717) is 0 Å². The van der Waals surface area contributed by atoms with Crippen LogP contribution in [0, 0.1) is 16.7 Å². The van der Waals surface area contributed by atoms with Gasteiger partial charge < -0.3 is 5.32 Å². The highest BCUT2D eigenvalue weighted by Gasteiger charge is 2.68. The molecule has 3 heteroatoms. The summed E-state index contributed by atoms with van der Waals surface area (Å²) < 4.78 is 0. The van der Waals surface area contributed by atoms with Crippen LogP contribution in [0.15, 0.2) is 0 Å². The molecule has 0 aliphatic heterocycles. The Labute approximate surface area is 104 Å². The summed E-state index contributed by atoms with van der Waals surface area (Å²) in [6.45, 7) is 12.6. The Morgan fingerprint density at radius 2 is 1.69 bits per heavy atom. The number of hydrogen-bond donors (Lipinski definition) is 1. The highest BCUT2D eigenvalue weighted by atomic mass is 35.5. The molecule has 0 spiro atoms. The van der Waals surface area contributed by atoms with Crippen molar-refractivity contribution in [3.8, 4) is 0 Å². The van der Waals surface area contributed by atoms with Crippen LogP contribution in [0.4, 0.5) is 0 Å². The summed E-state index contributed by atoms with van der Waals surface area (Å²) in [5.41, 5.74) is 0.229. The summed E-state index contributed by atoms with van der Waals surface area (Å²) in [7, 11) is 0. The van der Waals surface area contributed by atoms with Gasteiger partial charge in [-0.3, -0.25) is 4.79 Å². The predicted molar refractivity (Wildman–Crippen MR) is 68.6 cm³/mol. The van der Waals surface area contributed by atoms with Crippen LogP contribution in [0.25, 0.3) is 0 Å². The zero-order valence-electron chi connectivity index (χ0n) is 11.2. The Hall–Kier alpha value is -0.240. The molecule has 2 atom stereocenters. The van der Waals surface area contributed by atoms with Crippen LogP contribution in [0.1, 0.15) is 48.0 Å². The first-order valence-corrected chi connectivity index (χ1v) is 6.48. The van der Waals surface area contributed by atoms with Crippen molar-refractivity contribution in [2.24, 2.45) is 16.7 Å². The molecule has 0 bridgehead atoms. The average molecular weight is 246 g/mol. The molecule has 0 radical (unpaired) electrons. The van der Waals surface area contributed by atoms with E-state index in [0.717, 1.165) is 6.42 Å². The molecule has 0 aromatic rings. The maximum atomic E-state index is 12.1. The topological polar surface area (TPSA) is 29.1 Å². The average Bonchev–Trinajstić information content (AvgIpc) is 2.39. The van der Waals surface area contributed by atoms with Crippen LogP contribution in [0.5, 0.6) is 0 Å². The lowest BCUT2D eigenvalue weighted by atomic mass is 10.0. The third kappa shape index (κ3) is 2.37. The number of carbonyl (C=O) groups is 1. The number of alkyl halides is 1. The molecule has 16 heavy (non-hydrogen) atoms. The van der Waals surface area contributed by atoms with Gasteiger partial charge in [0.15, 0.2) is 0 Å². The highest BCUT2D eigenvalue weighted by molar-refractivity contribution is 6.20. The van der Waals surface area contributed by atoms with Crippen molar-refractivity contribution in [2.75, 3.05) is 0 Å². The van der Waals surface area contributed by atoms with E-state index in [1.165, 1.54) is 0 Å². The van der Waals surface area contributed by atoms with Crippen LogP contribution in [-0.2, 0) is 4.79 Å². The molecule has 0 aromatic carbocycles. The van der Waals surface area contributed by atoms with Crippen LogP contribution in [0.2, 0.25) is 0 Å². The fourth-order valence-electron chi connectivity index (χ4n) is 2.72. The monoisotopic (exact) mass is 245 g/mol. The second-order valence-electron chi connectivity index (χ2n) is 6.30. The van der Waals surface area contributed by atoms with Crippen LogP contribution >= 0.6 is 11.6 Å². The maximum Gasteiger partial charge on any atom is 0.224 e. The molecule has 2 nitrogen and oxygen atoms in total. The Bertz CT molecular complexity index is 270. The molecule has 1 aliphatic carbocycles. The van der Waals surface area contributed by atoms with Gasteiger partial charge in [0.1, 0.15) is 0 Å². The molecule has 0 aromatic heterocycles. The lowest BCUT2D eigenvalue weighted by Gasteiger charge is -2.15. The Balaban J connectivity index is 2.50. The molecule has 0 saturated heterocycles. The van der Waals surface area contributed by atoms with E-state index >= 15 is 0 Å². The molecule has 1 N–H and O–H groups in total. The molecule has 1 rings (SSSR count). The first-order chi connectivity index (χ1) is 7.10. The number of amides is 1. The number of nitrogens with one attached hydrogen (secondary N) is 1. The summed E-state index contributed by atoms with van der Waals surface area (Å²) >= 11 is 5.91. The van der Waals surface area contributed by atoms with Crippen molar-refractivity contribution in [1.82, 2.24) is 5.32 Å². The van der Waals surface area contributed by atoms with E-state index in [1.807, 2.05) is 13.8 Å². The minimum absolute atomic E-state index is 0.107. The fraction of sp³-hybridized carbons (Fsp3) is 0.923. The van der Waals surface area contributed by atoms with Gasteiger partial charge in [0.25, 0.3) is 0 Å². The van der Waals surface area contributed by atoms with Crippen molar-refractivity contribution in [2.45, 2.75) is 59.4 Å². The highest BCUT2D eigenvalue weighted by Crippen LogP contribution is 2.68. The largest absolute Gasteiger partial charge is 0.353 e. The van der Waals surface area contributed by atoms with Gasteiger partial charge >= 0.3 is 0 Å². The second-order valence-corrected chi connectivity index (χ2v) is 7.05. The van der Waals surface area contributed by atoms with Gasteiger partial charge in [0, 0.05) is 17.3 Å². The lowest BCUT2D eigenvalue weighted by molar-refractivity contribution is -0.124. The van der Waals surface area contributed by atoms with Gasteiger partial charge in [-0.05, 0) is 31.1 Å². The first kappa shape index (κ1) is 13.8. The normalized spacial score (nSPS) is 25.9. The summed E-state index contributed by atoms with van der Waals surface area (Å²) in [6.07, 6.45) is 0.820. The van der Waals surface area contributed by atoms with E-state index in [1.54, 1.807) is 0 Å². The van der Waals surface area contributed by atoms with Gasteiger partial charge in [0.05, 0.1) is 0 Å². The molecule has 2 unspecified atom stereocenters. The smallest absolute Gasteiger partial charge is 0.224 e. The van der Waals surface area contributed by atoms with Crippen molar-refractivity contribution >= 4 is 17.5 Å². The number of rotatable bonds is 4. The lowest BCUT2D eigenvalue weighted by Crippen LogP contribution is -2.36. The van der Waals surface area contributed by atoms with E-state index in [9.17, 15) is 4.79 Å². The minimum Gasteiger partial charge on any atom is -0.353 e. The summed E-state index contributed by atoms with van der Waals surface area (Å²) in [5, 5.41) is 3.17. The summed E-state index contributed by atoms with van der Waals surface area (Å²) in [6, 6.07) is 0.159. The minimum atomic E-state index is 0.107. The third-order valence-electron chi connectivity index (χ3n) is 4.35. The summed E-state index contributed by atoms with van der Waals surface area (Å²) in [4.78, 5) is 12.1.